The number of aliphatic carboxylic acids is 1. The highest BCUT2D eigenvalue weighted by molar-refractivity contribution is 6.31. The highest BCUT2D eigenvalue weighted by Gasteiger charge is 2.23. The molecular weight excluding hydrogens is 254 g/mol. The summed E-state index contributed by atoms with van der Waals surface area (Å²) >= 11 is 5.92. The van der Waals surface area contributed by atoms with E-state index in [1.165, 1.54) is 6.07 Å². The maximum absolute atomic E-state index is 11.9. The Labute approximate surface area is 111 Å². The molecule has 1 aromatic carbocycles. The van der Waals surface area contributed by atoms with Crippen molar-refractivity contribution in [1.29, 1.82) is 0 Å². The van der Waals surface area contributed by atoms with E-state index in [4.69, 9.17) is 16.7 Å². The molecule has 1 amide bonds. The molecule has 0 spiro atoms. The first-order valence-corrected chi connectivity index (χ1v) is 6.00. The second-order valence-electron chi connectivity index (χ2n) is 4.50. The molecule has 4 nitrogen and oxygen atoms in total. The van der Waals surface area contributed by atoms with E-state index in [2.05, 4.69) is 5.32 Å². The maximum Gasteiger partial charge on any atom is 0.326 e. The third kappa shape index (κ3) is 3.47. The minimum absolute atomic E-state index is 0.188. The zero-order valence-corrected chi connectivity index (χ0v) is 11.3. The quantitative estimate of drug-likeness (QED) is 0.882. The third-order valence-corrected chi connectivity index (χ3v) is 3.06. The van der Waals surface area contributed by atoms with E-state index in [1.54, 1.807) is 26.0 Å². The molecular formula is C13H16ClNO3. The number of halogens is 1. The van der Waals surface area contributed by atoms with Crippen molar-refractivity contribution in [2.24, 2.45) is 5.92 Å². The van der Waals surface area contributed by atoms with Crippen LogP contribution in [0.25, 0.3) is 0 Å². The summed E-state index contributed by atoms with van der Waals surface area (Å²) in [7, 11) is 0. The van der Waals surface area contributed by atoms with E-state index < -0.39 is 17.9 Å². The number of carboxylic acid groups (broad SMARTS) is 1. The van der Waals surface area contributed by atoms with E-state index in [0.717, 1.165) is 5.56 Å². The van der Waals surface area contributed by atoms with Crippen LogP contribution in [0.3, 0.4) is 0 Å². The Morgan fingerprint density at radius 3 is 2.39 bits per heavy atom. The van der Waals surface area contributed by atoms with E-state index in [9.17, 15) is 9.59 Å². The van der Waals surface area contributed by atoms with Crippen molar-refractivity contribution in [3.63, 3.8) is 0 Å². The van der Waals surface area contributed by atoms with E-state index in [-0.39, 0.29) is 5.92 Å². The van der Waals surface area contributed by atoms with Crippen molar-refractivity contribution in [2.75, 3.05) is 0 Å². The average Bonchev–Trinajstić information content (AvgIpc) is 2.28. The van der Waals surface area contributed by atoms with Crippen LogP contribution in [0.2, 0.25) is 5.02 Å². The van der Waals surface area contributed by atoms with E-state index in [0.29, 0.717) is 10.6 Å². The topological polar surface area (TPSA) is 66.4 Å². The SMILES string of the molecule is Cc1ccc(C(=O)N[C@H](C(=O)O)C(C)C)cc1Cl. The molecule has 0 bridgehead atoms. The standard InChI is InChI=1S/C13H16ClNO3/c1-7(2)11(13(17)18)15-12(16)9-5-4-8(3)10(14)6-9/h4-7,11H,1-3H3,(H,15,16)(H,17,18)/t11-/m0/s1. The Morgan fingerprint density at radius 2 is 1.94 bits per heavy atom. The number of nitrogens with one attached hydrogen (secondary N) is 1. The molecule has 5 heteroatoms. The molecule has 0 aromatic heterocycles. The van der Waals surface area contributed by atoms with Crippen molar-refractivity contribution in [3.8, 4) is 0 Å². The summed E-state index contributed by atoms with van der Waals surface area (Å²) in [5, 5.41) is 12.0. The van der Waals surface area contributed by atoms with Gasteiger partial charge in [-0.15, -0.1) is 0 Å². The molecule has 1 atom stereocenters. The molecule has 0 aliphatic rings. The van der Waals surface area contributed by atoms with Crippen LogP contribution in [0.4, 0.5) is 0 Å². The molecule has 18 heavy (non-hydrogen) atoms. The van der Waals surface area contributed by atoms with Gasteiger partial charge in [-0.3, -0.25) is 4.79 Å². The van der Waals surface area contributed by atoms with E-state index >= 15 is 0 Å². The second-order valence-corrected chi connectivity index (χ2v) is 4.90. The first kappa shape index (κ1) is 14.5. The predicted molar refractivity (Wildman–Crippen MR) is 69.9 cm³/mol. The zero-order chi connectivity index (χ0) is 13.9. The summed E-state index contributed by atoms with van der Waals surface area (Å²) in [5.74, 6) is -1.66. The zero-order valence-electron chi connectivity index (χ0n) is 10.5. The smallest absolute Gasteiger partial charge is 0.326 e. The van der Waals surface area contributed by atoms with Gasteiger partial charge in [-0.1, -0.05) is 31.5 Å². The molecule has 0 heterocycles. The first-order valence-electron chi connectivity index (χ1n) is 5.62. The number of amides is 1. The number of hydrogen-bond acceptors (Lipinski definition) is 2. The van der Waals surface area contributed by atoms with Gasteiger partial charge >= 0.3 is 5.97 Å². The van der Waals surface area contributed by atoms with Crippen LogP contribution < -0.4 is 5.32 Å². The van der Waals surface area contributed by atoms with Crippen molar-refractivity contribution >= 4 is 23.5 Å². The minimum Gasteiger partial charge on any atom is -0.480 e. The molecule has 2 N–H and O–H groups in total. The summed E-state index contributed by atoms with van der Waals surface area (Å²) in [6.07, 6.45) is 0. The summed E-state index contributed by atoms with van der Waals surface area (Å²) < 4.78 is 0. The van der Waals surface area contributed by atoms with Gasteiger partial charge in [0.1, 0.15) is 6.04 Å². The third-order valence-electron chi connectivity index (χ3n) is 2.65. The van der Waals surface area contributed by atoms with Crippen molar-refractivity contribution in [1.82, 2.24) is 5.32 Å². The van der Waals surface area contributed by atoms with Crippen molar-refractivity contribution in [3.05, 3.63) is 34.3 Å². The fourth-order valence-electron chi connectivity index (χ4n) is 1.47. The largest absolute Gasteiger partial charge is 0.480 e. The Bertz CT molecular complexity index is 471. The Balaban J connectivity index is 2.87. The van der Waals surface area contributed by atoms with Crippen molar-refractivity contribution in [2.45, 2.75) is 26.8 Å². The molecule has 1 aromatic rings. The van der Waals surface area contributed by atoms with Gasteiger partial charge in [0.2, 0.25) is 0 Å². The van der Waals surface area contributed by atoms with Gasteiger partial charge in [0.05, 0.1) is 0 Å². The van der Waals surface area contributed by atoms with Gasteiger partial charge < -0.3 is 10.4 Å². The van der Waals surface area contributed by atoms with E-state index in [1.807, 2.05) is 6.92 Å². The van der Waals surface area contributed by atoms with Gasteiger partial charge in [-0.25, -0.2) is 4.79 Å². The lowest BCUT2D eigenvalue weighted by atomic mass is 10.0. The lowest BCUT2D eigenvalue weighted by molar-refractivity contribution is -0.140. The lowest BCUT2D eigenvalue weighted by Gasteiger charge is -2.18. The highest BCUT2D eigenvalue weighted by Crippen LogP contribution is 2.17. The average molecular weight is 270 g/mol. The fourth-order valence-corrected chi connectivity index (χ4v) is 1.65. The van der Waals surface area contributed by atoms with Crippen LogP contribution in [0.15, 0.2) is 18.2 Å². The summed E-state index contributed by atoms with van der Waals surface area (Å²) in [5.41, 5.74) is 1.23. The summed E-state index contributed by atoms with van der Waals surface area (Å²) in [6, 6.07) is 3.97. The fraction of sp³-hybridized carbons (Fsp3) is 0.385. The lowest BCUT2D eigenvalue weighted by Crippen LogP contribution is -2.44. The molecule has 0 saturated heterocycles. The predicted octanol–water partition coefficient (Wildman–Crippen LogP) is 2.49. The van der Waals surface area contributed by atoms with Gasteiger partial charge in [-0.2, -0.15) is 0 Å². The van der Waals surface area contributed by atoms with Gasteiger partial charge in [0.25, 0.3) is 5.91 Å². The first-order chi connectivity index (χ1) is 8.32. The van der Waals surface area contributed by atoms with Gasteiger partial charge in [0.15, 0.2) is 0 Å². The van der Waals surface area contributed by atoms with Crippen LogP contribution in [0, 0.1) is 12.8 Å². The molecule has 98 valence electrons. The Kier molecular flexibility index (Phi) is 4.73. The number of carbonyl (C=O) groups is 2. The molecule has 0 unspecified atom stereocenters. The van der Waals surface area contributed by atoms with Crippen LogP contribution in [-0.4, -0.2) is 23.0 Å². The molecule has 0 fully saturated rings. The minimum atomic E-state index is -1.04. The summed E-state index contributed by atoms with van der Waals surface area (Å²) in [6.45, 7) is 5.31. The molecule has 0 aliphatic carbocycles. The Hall–Kier alpha value is -1.55. The molecule has 0 saturated carbocycles. The maximum atomic E-state index is 11.9. The number of benzene rings is 1. The number of rotatable bonds is 4. The number of carboxylic acids is 1. The van der Waals surface area contributed by atoms with Crippen LogP contribution >= 0.6 is 11.6 Å². The van der Waals surface area contributed by atoms with Crippen molar-refractivity contribution < 1.29 is 14.7 Å². The molecule has 0 radical (unpaired) electrons. The molecule has 0 aliphatic heterocycles. The highest BCUT2D eigenvalue weighted by atomic mass is 35.5. The van der Waals surface area contributed by atoms with Crippen LogP contribution in [-0.2, 0) is 4.79 Å². The number of aryl methyl sites for hydroxylation is 1. The van der Waals surface area contributed by atoms with Gasteiger partial charge in [0, 0.05) is 10.6 Å². The van der Waals surface area contributed by atoms with Crippen LogP contribution in [0.5, 0.6) is 0 Å². The van der Waals surface area contributed by atoms with Gasteiger partial charge in [-0.05, 0) is 30.5 Å². The normalized spacial score (nSPS) is 12.3. The van der Waals surface area contributed by atoms with Crippen LogP contribution in [0.1, 0.15) is 29.8 Å². The Morgan fingerprint density at radius 1 is 1.33 bits per heavy atom. The summed E-state index contributed by atoms with van der Waals surface area (Å²) in [4.78, 5) is 22.9. The number of carbonyl (C=O) groups excluding carboxylic acids is 1. The monoisotopic (exact) mass is 269 g/mol. The number of hydrogen-bond donors (Lipinski definition) is 2. The second kappa shape index (κ2) is 5.87. The molecule has 1 rings (SSSR count).